The van der Waals surface area contributed by atoms with Crippen molar-refractivity contribution in [2.45, 2.75) is 26.3 Å². The van der Waals surface area contributed by atoms with E-state index in [9.17, 15) is 4.79 Å². The van der Waals surface area contributed by atoms with Crippen LogP contribution in [0.1, 0.15) is 31.1 Å². The topological polar surface area (TPSA) is 47.6 Å². The lowest BCUT2D eigenvalue weighted by atomic mass is 10.1. The Balaban J connectivity index is 2.97. The second kappa shape index (κ2) is 8.63. The zero-order chi connectivity index (χ0) is 15.9. The van der Waals surface area contributed by atoms with Crippen LogP contribution in [0.3, 0.4) is 0 Å². The highest BCUT2D eigenvalue weighted by molar-refractivity contribution is 9.09. The smallest absolute Gasteiger partial charge is 0.251 e. The Morgan fingerprint density at radius 2 is 1.71 bits per heavy atom. The Morgan fingerprint density at radius 3 is 2.24 bits per heavy atom. The van der Waals surface area contributed by atoms with Crippen molar-refractivity contribution in [1.29, 1.82) is 0 Å². The lowest BCUT2D eigenvalue weighted by Gasteiger charge is -2.26. The van der Waals surface area contributed by atoms with Gasteiger partial charge in [0.2, 0.25) is 0 Å². The summed E-state index contributed by atoms with van der Waals surface area (Å²) < 4.78 is 11.0. The average molecular weight is 423 g/mol. The predicted molar refractivity (Wildman–Crippen MR) is 92.2 cm³/mol. The molecule has 6 heteroatoms. The monoisotopic (exact) mass is 421 g/mol. The lowest BCUT2D eigenvalue weighted by molar-refractivity contribution is 0.0922. The first-order chi connectivity index (χ1) is 9.99. The molecule has 21 heavy (non-hydrogen) atoms. The van der Waals surface area contributed by atoms with Gasteiger partial charge in [0.25, 0.3) is 5.91 Å². The quantitative estimate of drug-likeness (QED) is 0.648. The molecule has 0 saturated carbocycles. The molecule has 0 atom stereocenters. The summed E-state index contributed by atoms with van der Waals surface area (Å²) >= 11 is 6.83. The standard InChI is InChI=1S/C15H21Br2NO3/c1-4-20-12-7-6-11(8-13(12)21-5-2)14(19)18-15(3,9-16)10-17/h6-8H,4-5,9-10H2,1-3H3,(H,18,19). The van der Waals surface area contributed by atoms with Gasteiger partial charge in [0.1, 0.15) is 0 Å². The van der Waals surface area contributed by atoms with Gasteiger partial charge < -0.3 is 14.8 Å². The molecule has 0 saturated heterocycles. The summed E-state index contributed by atoms with van der Waals surface area (Å²) in [5.41, 5.74) is 0.205. The molecule has 0 unspecified atom stereocenters. The number of alkyl halides is 2. The summed E-state index contributed by atoms with van der Waals surface area (Å²) in [5.74, 6) is 1.10. The van der Waals surface area contributed by atoms with E-state index < -0.39 is 0 Å². The summed E-state index contributed by atoms with van der Waals surface area (Å²) in [4.78, 5) is 12.4. The maximum atomic E-state index is 12.4. The van der Waals surface area contributed by atoms with Crippen molar-refractivity contribution < 1.29 is 14.3 Å². The highest BCUT2D eigenvalue weighted by Gasteiger charge is 2.24. The van der Waals surface area contributed by atoms with Crippen LogP contribution in [0.2, 0.25) is 0 Å². The third kappa shape index (κ3) is 5.18. The van der Waals surface area contributed by atoms with Gasteiger partial charge in [-0.25, -0.2) is 0 Å². The van der Waals surface area contributed by atoms with Gasteiger partial charge in [-0.3, -0.25) is 4.79 Å². The normalized spacial score (nSPS) is 11.1. The van der Waals surface area contributed by atoms with Crippen LogP contribution in [0.4, 0.5) is 0 Å². The second-order valence-electron chi connectivity index (χ2n) is 4.81. The van der Waals surface area contributed by atoms with Crippen LogP contribution in [-0.2, 0) is 0 Å². The van der Waals surface area contributed by atoms with Crippen molar-refractivity contribution in [3.05, 3.63) is 23.8 Å². The molecule has 1 aromatic carbocycles. The number of amides is 1. The molecular weight excluding hydrogens is 402 g/mol. The maximum absolute atomic E-state index is 12.4. The van der Waals surface area contributed by atoms with Crippen LogP contribution >= 0.6 is 31.9 Å². The van der Waals surface area contributed by atoms with Crippen molar-refractivity contribution in [2.75, 3.05) is 23.9 Å². The van der Waals surface area contributed by atoms with Gasteiger partial charge in [0.05, 0.1) is 18.8 Å². The molecule has 0 spiro atoms. The van der Waals surface area contributed by atoms with Gasteiger partial charge >= 0.3 is 0 Å². The van der Waals surface area contributed by atoms with Crippen LogP contribution in [-0.4, -0.2) is 35.3 Å². The van der Waals surface area contributed by atoms with E-state index in [1.165, 1.54) is 0 Å². The number of rotatable bonds is 8. The maximum Gasteiger partial charge on any atom is 0.251 e. The van der Waals surface area contributed by atoms with E-state index in [-0.39, 0.29) is 11.4 Å². The Morgan fingerprint density at radius 1 is 1.14 bits per heavy atom. The molecule has 0 aromatic heterocycles. The molecule has 4 nitrogen and oxygen atoms in total. The Kier molecular flexibility index (Phi) is 7.52. The summed E-state index contributed by atoms with van der Waals surface area (Å²) in [7, 11) is 0. The highest BCUT2D eigenvalue weighted by atomic mass is 79.9. The zero-order valence-electron chi connectivity index (χ0n) is 12.5. The minimum atomic E-state index is -0.346. The van der Waals surface area contributed by atoms with Crippen LogP contribution in [0.15, 0.2) is 18.2 Å². The van der Waals surface area contributed by atoms with E-state index in [0.717, 1.165) is 0 Å². The van der Waals surface area contributed by atoms with Gasteiger partial charge in [-0.15, -0.1) is 0 Å². The predicted octanol–water partition coefficient (Wildman–Crippen LogP) is 3.76. The van der Waals surface area contributed by atoms with E-state index in [1.54, 1.807) is 18.2 Å². The van der Waals surface area contributed by atoms with Gasteiger partial charge in [-0.2, -0.15) is 0 Å². The summed E-state index contributed by atoms with van der Waals surface area (Å²) in [5, 5.41) is 4.32. The van der Waals surface area contributed by atoms with Crippen molar-refractivity contribution in [1.82, 2.24) is 5.32 Å². The Labute approximate surface area is 142 Å². The fourth-order valence-electron chi connectivity index (χ4n) is 1.64. The first-order valence-corrected chi connectivity index (χ1v) is 9.08. The molecule has 0 aliphatic rings. The van der Waals surface area contributed by atoms with Crippen molar-refractivity contribution in [3.63, 3.8) is 0 Å². The molecule has 118 valence electrons. The fraction of sp³-hybridized carbons (Fsp3) is 0.533. The Hall–Kier alpha value is -0.750. The first kappa shape index (κ1) is 18.3. The number of hydrogen-bond acceptors (Lipinski definition) is 3. The van der Waals surface area contributed by atoms with E-state index in [1.807, 2.05) is 20.8 Å². The SMILES string of the molecule is CCOc1ccc(C(=O)NC(C)(CBr)CBr)cc1OCC. The molecule has 1 rings (SSSR count). The summed E-state index contributed by atoms with van der Waals surface area (Å²) in [6, 6.07) is 5.22. The molecule has 0 aliphatic heterocycles. The number of halogens is 2. The van der Waals surface area contributed by atoms with Crippen LogP contribution in [0.5, 0.6) is 11.5 Å². The van der Waals surface area contributed by atoms with E-state index in [2.05, 4.69) is 37.2 Å². The van der Waals surface area contributed by atoms with Crippen LogP contribution in [0, 0.1) is 0 Å². The number of nitrogens with one attached hydrogen (secondary N) is 1. The zero-order valence-corrected chi connectivity index (χ0v) is 15.7. The number of ether oxygens (including phenoxy) is 2. The minimum absolute atomic E-state index is 0.139. The van der Waals surface area contributed by atoms with Crippen molar-refractivity contribution in [2.24, 2.45) is 0 Å². The minimum Gasteiger partial charge on any atom is -0.490 e. The fourth-order valence-corrected chi connectivity index (χ4v) is 2.85. The Bertz CT molecular complexity index is 476. The molecule has 0 fully saturated rings. The number of carbonyl (C=O) groups excluding carboxylic acids is 1. The highest BCUT2D eigenvalue weighted by Crippen LogP contribution is 2.28. The number of hydrogen-bond donors (Lipinski definition) is 1. The van der Waals surface area contributed by atoms with Gasteiger partial charge in [0, 0.05) is 16.2 Å². The molecule has 0 bridgehead atoms. The second-order valence-corrected chi connectivity index (χ2v) is 5.93. The molecule has 0 aliphatic carbocycles. The van der Waals surface area contributed by atoms with E-state index in [0.29, 0.717) is 40.9 Å². The van der Waals surface area contributed by atoms with Crippen LogP contribution < -0.4 is 14.8 Å². The van der Waals surface area contributed by atoms with Gasteiger partial charge in [0.15, 0.2) is 11.5 Å². The molecule has 1 N–H and O–H groups in total. The summed E-state index contributed by atoms with van der Waals surface area (Å²) in [6.45, 7) is 6.85. The first-order valence-electron chi connectivity index (χ1n) is 6.83. The van der Waals surface area contributed by atoms with Crippen molar-refractivity contribution >= 4 is 37.8 Å². The van der Waals surface area contributed by atoms with Crippen LogP contribution in [0.25, 0.3) is 0 Å². The molecule has 1 amide bonds. The molecule has 1 aromatic rings. The molecule has 0 radical (unpaired) electrons. The van der Waals surface area contributed by atoms with Gasteiger partial charge in [-0.05, 0) is 39.0 Å². The third-order valence-electron chi connectivity index (χ3n) is 2.81. The lowest BCUT2D eigenvalue weighted by Crippen LogP contribution is -2.48. The summed E-state index contributed by atoms with van der Waals surface area (Å²) in [6.07, 6.45) is 0. The number of carbonyl (C=O) groups is 1. The third-order valence-corrected chi connectivity index (χ3v) is 5.29. The molecular formula is C15H21Br2NO3. The number of benzene rings is 1. The largest absolute Gasteiger partial charge is 0.490 e. The van der Waals surface area contributed by atoms with Gasteiger partial charge in [-0.1, -0.05) is 31.9 Å². The van der Waals surface area contributed by atoms with Crippen molar-refractivity contribution in [3.8, 4) is 11.5 Å². The van der Waals surface area contributed by atoms with E-state index in [4.69, 9.17) is 9.47 Å². The average Bonchev–Trinajstić information content (AvgIpc) is 2.49. The molecule has 0 heterocycles. The van der Waals surface area contributed by atoms with E-state index >= 15 is 0 Å².